The molecule has 0 aliphatic carbocycles. The van der Waals surface area contributed by atoms with Crippen LogP contribution in [0.5, 0.6) is 11.5 Å². The molecule has 4 amide bonds. The second-order valence-electron chi connectivity index (χ2n) is 11.3. The molecule has 1 aromatic rings. The third kappa shape index (κ3) is 5.99. The number of nitrogens with one attached hydrogen (secondary N) is 1. The first-order valence-corrected chi connectivity index (χ1v) is 14.3. The van der Waals surface area contributed by atoms with Crippen LogP contribution in [0.2, 0.25) is 0 Å². The van der Waals surface area contributed by atoms with Crippen molar-refractivity contribution in [3.8, 4) is 11.5 Å². The Morgan fingerprint density at radius 3 is 2.29 bits per heavy atom. The monoisotopic (exact) mass is 573 g/mol. The normalized spacial score (nSPS) is 25.4. The summed E-state index contributed by atoms with van der Waals surface area (Å²) in [5.74, 6) is -0.926. The molecular weight excluding hydrogens is 530 g/mol. The van der Waals surface area contributed by atoms with Gasteiger partial charge in [0.25, 0.3) is 5.91 Å². The Balaban J connectivity index is 1.69. The Morgan fingerprint density at radius 1 is 1.05 bits per heavy atom. The van der Waals surface area contributed by atoms with Gasteiger partial charge >= 0.3 is 0 Å². The largest absolute Gasteiger partial charge is 0.493 e. The van der Waals surface area contributed by atoms with Crippen LogP contribution < -0.4 is 14.8 Å². The number of hydrogen-bond acceptors (Lipinski definition) is 8. The molecule has 41 heavy (non-hydrogen) atoms. The highest BCUT2D eigenvalue weighted by Crippen LogP contribution is 2.32. The highest BCUT2D eigenvalue weighted by Gasteiger charge is 2.54. The van der Waals surface area contributed by atoms with Crippen molar-refractivity contribution in [1.82, 2.24) is 24.9 Å². The summed E-state index contributed by atoms with van der Waals surface area (Å²) in [5, 5.41) is 13.6. The summed E-state index contributed by atoms with van der Waals surface area (Å²) in [6.45, 7) is 7.05. The number of carbonyl (C=O) groups excluding carboxylic acids is 4. The molecule has 226 valence electrons. The Kier molecular flexibility index (Phi) is 9.43. The summed E-state index contributed by atoms with van der Waals surface area (Å²) >= 11 is 0. The fourth-order valence-electron chi connectivity index (χ4n) is 6.05. The molecule has 12 heteroatoms. The van der Waals surface area contributed by atoms with Crippen molar-refractivity contribution in [1.29, 1.82) is 0 Å². The summed E-state index contributed by atoms with van der Waals surface area (Å²) in [5.41, 5.74) is 0.246. The van der Waals surface area contributed by atoms with E-state index in [1.54, 1.807) is 21.9 Å². The summed E-state index contributed by atoms with van der Waals surface area (Å²) in [6, 6.07) is 2.25. The number of piperazine rings is 1. The molecule has 0 aromatic heterocycles. The van der Waals surface area contributed by atoms with Gasteiger partial charge in [-0.15, -0.1) is 0 Å². The number of amides is 4. The minimum atomic E-state index is -1.18. The van der Waals surface area contributed by atoms with Gasteiger partial charge in [-0.1, -0.05) is 6.92 Å². The molecule has 3 aliphatic heterocycles. The van der Waals surface area contributed by atoms with Crippen LogP contribution >= 0.6 is 0 Å². The first kappa shape index (κ1) is 30.6. The van der Waals surface area contributed by atoms with Gasteiger partial charge in [-0.2, -0.15) is 0 Å². The summed E-state index contributed by atoms with van der Waals surface area (Å²) in [4.78, 5) is 61.8. The number of aliphatic hydroxyl groups is 1. The van der Waals surface area contributed by atoms with E-state index >= 15 is 0 Å². The number of piperidine rings is 1. The van der Waals surface area contributed by atoms with Crippen molar-refractivity contribution in [2.75, 3.05) is 47.4 Å². The molecule has 3 fully saturated rings. The summed E-state index contributed by atoms with van der Waals surface area (Å²) < 4.78 is 10.6. The number of nitrogens with zero attached hydrogens (tertiary/aromatic N) is 4. The van der Waals surface area contributed by atoms with Crippen molar-refractivity contribution in [2.24, 2.45) is 5.92 Å². The number of hydrogen-bond donors (Lipinski definition) is 2. The smallest absolute Gasteiger partial charge is 0.252 e. The van der Waals surface area contributed by atoms with Gasteiger partial charge in [-0.3, -0.25) is 19.2 Å². The minimum Gasteiger partial charge on any atom is -0.493 e. The van der Waals surface area contributed by atoms with Crippen molar-refractivity contribution in [3.63, 3.8) is 0 Å². The lowest BCUT2D eigenvalue weighted by Crippen LogP contribution is -2.78. The molecule has 0 spiro atoms. The number of likely N-dealkylation sites (tertiary alicyclic amines) is 1. The van der Waals surface area contributed by atoms with Crippen molar-refractivity contribution in [3.05, 3.63) is 23.8 Å². The first-order chi connectivity index (χ1) is 19.5. The lowest BCUT2D eigenvalue weighted by atomic mass is 9.92. The number of rotatable bonds is 8. The molecule has 3 heterocycles. The quantitative estimate of drug-likeness (QED) is 0.461. The summed E-state index contributed by atoms with van der Waals surface area (Å²) in [7, 11) is 4.97. The molecule has 0 radical (unpaired) electrons. The van der Waals surface area contributed by atoms with Crippen molar-refractivity contribution < 1.29 is 33.8 Å². The van der Waals surface area contributed by atoms with E-state index in [4.69, 9.17) is 9.47 Å². The zero-order valence-electron chi connectivity index (χ0n) is 24.8. The lowest BCUT2D eigenvalue weighted by molar-refractivity contribution is -0.185. The van der Waals surface area contributed by atoms with E-state index in [-0.39, 0.29) is 42.4 Å². The predicted octanol–water partition coefficient (Wildman–Crippen LogP) is 0.531. The van der Waals surface area contributed by atoms with E-state index in [0.717, 1.165) is 13.1 Å². The molecule has 12 nitrogen and oxygen atoms in total. The Labute approximate surface area is 241 Å². The van der Waals surface area contributed by atoms with Gasteiger partial charge < -0.3 is 39.5 Å². The second kappa shape index (κ2) is 12.6. The highest BCUT2D eigenvalue weighted by molar-refractivity contribution is 6.00. The SMILES string of the molecule is CCC(C)N1CC2N(C(=O)C3CCN(C)CC3)C[C@H](NC(=O)c3ccc(OC)c(OC)c3)C(=O)N2[C@@H](C(C)O)C1=O. The second-order valence-corrected chi connectivity index (χ2v) is 11.3. The van der Waals surface area contributed by atoms with Crippen LogP contribution in [0.15, 0.2) is 18.2 Å². The topological polar surface area (TPSA) is 132 Å². The van der Waals surface area contributed by atoms with Gasteiger partial charge in [0.1, 0.15) is 18.2 Å². The van der Waals surface area contributed by atoms with Crippen LogP contribution in [0, 0.1) is 5.92 Å². The van der Waals surface area contributed by atoms with E-state index in [1.807, 2.05) is 20.9 Å². The molecule has 0 saturated carbocycles. The third-order valence-electron chi connectivity index (χ3n) is 8.69. The highest BCUT2D eigenvalue weighted by atomic mass is 16.5. The number of aliphatic hydroxyl groups excluding tert-OH is 1. The molecule has 4 rings (SSSR count). The van der Waals surface area contributed by atoms with Crippen molar-refractivity contribution >= 4 is 23.6 Å². The zero-order chi connectivity index (χ0) is 30.0. The van der Waals surface area contributed by atoms with Crippen molar-refractivity contribution in [2.45, 2.75) is 70.4 Å². The lowest BCUT2D eigenvalue weighted by Gasteiger charge is -2.56. The number of methoxy groups -OCH3 is 2. The average molecular weight is 574 g/mol. The van der Waals surface area contributed by atoms with Gasteiger partial charge in [0.15, 0.2) is 11.5 Å². The Morgan fingerprint density at radius 2 is 1.71 bits per heavy atom. The Bertz CT molecular complexity index is 1150. The minimum absolute atomic E-state index is 0.0285. The maximum Gasteiger partial charge on any atom is 0.252 e. The molecular formula is C29H43N5O7. The third-order valence-corrected chi connectivity index (χ3v) is 8.69. The maximum absolute atomic E-state index is 14.0. The van der Waals surface area contributed by atoms with Gasteiger partial charge in [0.2, 0.25) is 17.7 Å². The van der Waals surface area contributed by atoms with E-state index in [1.165, 1.54) is 32.1 Å². The zero-order valence-corrected chi connectivity index (χ0v) is 24.8. The molecule has 2 N–H and O–H groups in total. The fraction of sp³-hybridized carbons (Fsp3) is 0.655. The predicted molar refractivity (Wildman–Crippen MR) is 150 cm³/mol. The van der Waals surface area contributed by atoms with Crippen LogP contribution in [0.4, 0.5) is 0 Å². The molecule has 0 bridgehead atoms. The molecule has 3 saturated heterocycles. The van der Waals surface area contributed by atoms with Crippen LogP contribution in [0.3, 0.4) is 0 Å². The fourth-order valence-corrected chi connectivity index (χ4v) is 6.05. The van der Waals surface area contributed by atoms with Gasteiger partial charge in [-0.05, 0) is 71.4 Å². The van der Waals surface area contributed by atoms with Gasteiger partial charge in [0, 0.05) is 17.5 Å². The average Bonchev–Trinajstić information content (AvgIpc) is 2.97. The first-order valence-electron chi connectivity index (χ1n) is 14.3. The van der Waals surface area contributed by atoms with Crippen LogP contribution in [0.25, 0.3) is 0 Å². The van der Waals surface area contributed by atoms with E-state index in [0.29, 0.717) is 30.8 Å². The van der Waals surface area contributed by atoms with Crippen LogP contribution in [-0.2, 0) is 14.4 Å². The number of fused-ring (bicyclic) bond motifs is 1. The van der Waals surface area contributed by atoms with E-state index in [2.05, 4.69) is 10.2 Å². The molecule has 3 unspecified atom stereocenters. The molecule has 5 atom stereocenters. The van der Waals surface area contributed by atoms with Crippen LogP contribution in [-0.4, -0.2) is 126 Å². The number of benzene rings is 1. The Hall–Kier alpha value is -3.38. The standard InChI is InChI=1S/C29H43N5O7/c1-7-17(2)32-16-24-33(27(37)19-10-12-31(4)13-11-19)15-21(28(38)34(24)25(18(3)35)29(32)39)30-26(36)20-8-9-22(40-5)23(14-20)41-6/h8-9,14,17-19,21,24-25,35H,7,10-13,15-16H2,1-6H3,(H,30,36)/t17?,18?,21-,24?,25-/m0/s1. The van der Waals surface area contributed by atoms with E-state index in [9.17, 15) is 24.3 Å². The molecule has 3 aliphatic rings. The number of carbonyl (C=O) groups is 4. The van der Waals surface area contributed by atoms with E-state index < -0.39 is 36.2 Å². The van der Waals surface area contributed by atoms with Gasteiger partial charge in [-0.25, -0.2) is 0 Å². The number of ether oxygens (including phenoxy) is 2. The molecule has 1 aromatic carbocycles. The summed E-state index contributed by atoms with van der Waals surface area (Å²) in [6.07, 6.45) is 0.134. The van der Waals surface area contributed by atoms with Gasteiger partial charge in [0.05, 0.1) is 33.4 Å². The van der Waals surface area contributed by atoms with Crippen LogP contribution in [0.1, 0.15) is 50.4 Å². The maximum atomic E-state index is 14.0.